The van der Waals surface area contributed by atoms with Gasteiger partial charge in [-0.15, -0.1) is 0 Å². The molecule has 0 unspecified atom stereocenters. The monoisotopic (exact) mass is 511 g/mol. The average Bonchev–Trinajstić information content (AvgIpc) is 2.64. The third-order valence-corrected chi connectivity index (χ3v) is 6.41. The largest absolute Gasteiger partial charge is 0.377 e. The van der Waals surface area contributed by atoms with E-state index in [1.54, 1.807) is 23.6 Å². The summed E-state index contributed by atoms with van der Waals surface area (Å²) in [4.78, 5) is 12.7. The molecule has 0 bridgehead atoms. The second-order valence-electron chi connectivity index (χ2n) is 5.83. The van der Waals surface area contributed by atoms with E-state index in [1.807, 2.05) is 30.3 Å². The fourth-order valence-electron chi connectivity index (χ4n) is 2.51. The standard InChI is InChI=1S/C19H15Br2NO4S/c1-13-11-17(26-27(24,25)16-9-7-15(20)8-10-16)18(21)19(23)22(13)12-14-5-3-2-4-6-14/h2-11H,12H2,1H3. The average molecular weight is 513 g/mol. The first-order chi connectivity index (χ1) is 12.8. The minimum atomic E-state index is -4.06. The lowest BCUT2D eigenvalue weighted by molar-refractivity contribution is 0.482. The second-order valence-corrected chi connectivity index (χ2v) is 9.09. The number of pyridine rings is 1. The highest BCUT2D eigenvalue weighted by molar-refractivity contribution is 9.10. The van der Waals surface area contributed by atoms with Crippen LogP contribution in [0.1, 0.15) is 11.3 Å². The molecule has 0 aliphatic carbocycles. The van der Waals surface area contributed by atoms with Gasteiger partial charge >= 0.3 is 10.1 Å². The summed E-state index contributed by atoms with van der Waals surface area (Å²) in [7, 11) is -4.06. The molecule has 3 aromatic rings. The van der Waals surface area contributed by atoms with Crippen LogP contribution in [-0.2, 0) is 16.7 Å². The van der Waals surface area contributed by atoms with Gasteiger partial charge in [0.2, 0.25) is 0 Å². The van der Waals surface area contributed by atoms with Gasteiger partial charge in [0.15, 0.2) is 5.75 Å². The number of nitrogens with zero attached hydrogens (tertiary/aromatic N) is 1. The first-order valence-corrected chi connectivity index (χ1v) is 10.9. The summed E-state index contributed by atoms with van der Waals surface area (Å²) in [5.74, 6) is -0.0373. The highest BCUT2D eigenvalue weighted by Crippen LogP contribution is 2.27. The Kier molecular flexibility index (Phi) is 5.88. The van der Waals surface area contributed by atoms with E-state index in [2.05, 4.69) is 31.9 Å². The Bertz CT molecular complexity index is 1120. The van der Waals surface area contributed by atoms with Crippen molar-refractivity contribution < 1.29 is 12.6 Å². The smallest absolute Gasteiger partial charge is 0.339 e. The van der Waals surface area contributed by atoms with Crippen LogP contribution in [-0.4, -0.2) is 13.0 Å². The molecular weight excluding hydrogens is 498 g/mol. The number of benzene rings is 2. The van der Waals surface area contributed by atoms with Crippen molar-refractivity contribution >= 4 is 42.0 Å². The molecule has 1 aromatic heterocycles. The van der Waals surface area contributed by atoms with Crippen molar-refractivity contribution in [3.05, 3.63) is 91.2 Å². The van der Waals surface area contributed by atoms with E-state index < -0.39 is 10.1 Å². The zero-order valence-corrected chi connectivity index (χ0v) is 18.2. The lowest BCUT2D eigenvalue weighted by atomic mass is 10.2. The van der Waals surface area contributed by atoms with Crippen LogP contribution >= 0.6 is 31.9 Å². The molecule has 0 saturated heterocycles. The van der Waals surface area contributed by atoms with Crippen LogP contribution < -0.4 is 9.74 Å². The lowest BCUT2D eigenvalue weighted by Gasteiger charge is -2.14. The topological polar surface area (TPSA) is 65.4 Å². The van der Waals surface area contributed by atoms with Crippen molar-refractivity contribution in [3.8, 4) is 5.75 Å². The lowest BCUT2D eigenvalue weighted by Crippen LogP contribution is -2.25. The SMILES string of the molecule is Cc1cc(OS(=O)(=O)c2ccc(Br)cc2)c(Br)c(=O)n1Cc1ccccc1. The van der Waals surface area contributed by atoms with Crippen LogP contribution in [0.2, 0.25) is 0 Å². The molecule has 1 heterocycles. The maximum atomic E-state index is 12.7. The van der Waals surface area contributed by atoms with Crippen LogP contribution in [0, 0.1) is 6.92 Å². The Balaban J connectivity index is 1.96. The van der Waals surface area contributed by atoms with Gasteiger partial charge in [-0.1, -0.05) is 46.3 Å². The number of aryl methyl sites for hydroxylation is 1. The highest BCUT2D eigenvalue weighted by Gasteiger charge is 2.21. The molecule has 0 radical (unpaired) electrons. The molecule has 0 aliphatic rings. The Hall–Kier alpha value is -1.90. The quantitative estimate of drug-likeness (QED) is 0.472. The predicted octanol–water partition coefficient (Wildman–Crippen LogP) is 4.50. The number of hydrogen-bond acceptors (Lipinski definition) is 4. The van der Waals surface area contributed by atoms with Crippen LogP contribution in [0.5, 0.6) is 5.75 Å². The fraction of sp³-hybridized carbons (Fsp3) is 0.105. The Labute approximate surface area is 174 Å². The van der Waals surface area contributed by atoms with Gasteiger partial charge in [0.1, 0.15) is 9.37 Å². The van der Waals surface area contributed by atoms with E-state index in [4.69, 9.17) is 4.18 Å². The minimum absolute atomic E-state index is 0.00344. The van der Waals surface area contributed by atoms with E-state index in [9.17, 15) is 13.2 Å². The summed E-state index contributed by atoms with van der Waals surface area (Å²) in [6.45, 7) is 2.11. The molecule has 0 atom stereocenters. The van der Waals surface area contributed by atoms with Crippen molar-refractivity contribution in [2.24, 2.45) is 0 Å². The van der Waals surface area contributed by atoms with Crippen LogP contribution in [0.25, 0.3) is 0 Å². The molecular formula is C19H15Br2NO4S. The van der Waals surface area contributed by atoms with Gasteiger partial charge in [0.05, 0.1) is 6.54 Å². The Morgan fingerprint density at radius 2 is 1.63 bits per heavy atom. The molecule has 27 heavy (non-hydrogen) atoms. The summed E-state index contributed by atoms with van der Waals surface area (Å²) in [5, 5.41) is 0. The van der Waals surface area contributed by atoms with Crippen LogP contribution in [0.3, 0.4) is 0 Å². The van der Waals surface area contributed by atoms with Crippen molar-refractivity contribution in [3.63, 3.8) is 0 Å². The van der Waals surface area contributed by atoms with Crippen molar-refractivity contribution in [1.82, 2.24) is 4.57 Å². The van der Waals surface area contributed by atoms with E-state index in [-0.39, 0.29) is 20.7 Å². The first kappa shape index (κ1) is 19.9. The van der Waals surface area contributed by atoms with E-state index >= 15 is 0 Å². The summed E-state index contributed by atoms with van der Waals surface area (Å²) in [6, 6.07) is 17.1. The Morgan fingerprint density at radius 1 is 1.00 bits per heavy atom. The van der Waals surface area contributed by atoms with Gasteiger partial charge in [-0.25, -0.2) is 0 Å². The molecule has 140 valence electrons. The number of hydrogen-bond donors (Lipinski definition) is 0. The fourth-order valence-corrected chi connectivity index (χ4v) is 4.22. The van der Waals surface area contributed by atoms with E-state index in [1.165, 1.54) is 18.2 Å². The van der Waals surface area contributed by atoms with Crippen molar-refractivity contribution in [2.75, 3.05) is 0 Å². The molecule has 0 saturated carbocycles. The number of rotatable bonds is 5. The van der Waals surface area contributed by atoms with Crippen molar-refractivity contribution in [1.29, 1.82) is 0 Å². The van der Waals surface area contributed by atoms with Gasteiger partial charge < -0.3 is 8.75 Å². The highest BCUT2D eigenvalue weighted by atomic mass is 79.9. The van der Waals surface area contributed by atoms with Gasteiger partial charge in [0, 0.05) is 16.2 Å². The Morgan fingerprint density at radius 3 is 2.26 bits per heavy atom. The van der Waals surface area contributed by atoms with Gasteiger partial charge in [-0.3, -0.25) is 4.79 Å². The van der Waals surface area contributed by atoms with Gasteiger partial charge in [0.25, 0.3) is 5.56 Å². The summed E-state index contributed by atoms with van der Waals surface area (Å²) >= 11 is 6.44. The minimum Gasteiger partial charge on any atom is -0.377 e. The first-order valence-electron chi connectivity index (χ1n) is 7.92. The summed E-state index contributed by atoms with van der Waals surface area (Å²) in [6.07, 6.45) is 0. The summed E-state index contributed by atoms with van der Waals surface area (Å²) < 4.78 is 32.6. The number of aromatic nitrogens is 1. The predicted molar refractivity (Wildman–Crippen MR) is 111 cm³/mol. The van der Waals surface area contributed by atoms with Gasteiger partial charge in [-0.2, -0.15) is 8.42 Å². The van der Waals surface area contributed by atoms with E-state index in [0.717, 1.165) is 10.0 Å². The summed E-state index contributed by atoms with van der Waals surface area (Å²) in [5.41, 5.74) is 1.19. The molecule has 2 aromatic carbocycles. The number of halogens is 2. The second kappa shape index (κ2) is 8.00. The maximum Gasteiger partial charge on any atom is 0.339 e. The maximum absolute atomic E-state index is 12.7. The third kappa shape index (κ3) is 4.51. The van der Waals surface area contributed by atoms with Gasteiger partial charge in [-0.05, 0) is 52.7 Å². The molecule has 0 amide bonds. The molecule has 0 fully saturated rings. The molecule has 0 spiro atoms. The zero-order chi connectivity index (χ0) is 19.6. The molecule has 8 heteroatoms. The van der Waals surface area contributed by atoms with Crippen LogP contribution in [0.4, 0.5) is 0 Å². The van der Waals surface area contributed by atoms with Crippen LogP contribution in [0.15, 0.2) is 79.3 Å². The molecule has 5 nitrogen and oxygen atoms in total. The van der Waals surface area contributed by atoms with E-state index in [0.29, 0.717) is 12.2 Å². The normalized spacial score (nSPS) is 11.4. The molecule has 0 aliphatic heterocycles. The zero-order valence-electron chi connectivity index (χ0n) is 14.2. The van der Waals surface area contributed by atoms with Crippen molar-refractivity contribution in [2.45, 2.75) is 18.4 Å². The molecule has 3 rings (SSSR count). The molecule has 0 N–H and O–H groups in total. The third-order valence-electron chi connectivity index (χ3n) is 3.90.